The van der Waals surface area contributed by atoms with Crippen molar-refractivity contribution in [3.8, 4) is 21.9 Å². The molecule has 4 nitrogen and oxygen atoms in total. The number of hydrogen-bond donors (Lipinski definition) is 1. The third kappa shape index (κ3) is 4.77. The Bertz CT molecular complexity index is 1520. The number of carbonyl (C=O) groups excluding carboxylic acids is 1. The van der Waals surface area contributed by atoms with Gasteiger partial charge in [-0.25, -0.2) is 4.98 Å². The molecular weight excluding hydrogens is 487 g/mol. The van der Waals surface area contributed by atoms with Gasteiger partial charge in [0, 0.05) is 27.9 Å². The summed E-state index contributed by atoms with van der Waals surface area (Å²) in [5.41, 5.74) is 4.20. The fourth-order valence-corrected chi connectivity index (χ4v) is 4.88. The maximum atomic E-state index is 12.5. The number of rotatable bonds is 5. The highest BCUT2D eigenvalue weighted by molar-refractivity contribution is 7.21. The molecule has 7 heteroatoms. The summed E-state index contributed by atoms with van der Waals surface area (Å²) in [6, 6.07) is 22.7. The van der Waals surface area contributed by atoms with Crippen LogP contribution in [0.5, 0.6) is 0 Å². The van der Waals surface area contributed by atoms with Crippen molar-refractivity contribution in [1.82, 2.24) is 4.98 Å². The van der Waals surface area contributed by atoms with E-state index in [1.807, 2.05) is 61.5 Å². The highest BCUT2D eigenvalue weighted by Crippen LogP contribution is 2.36. The van der Waals surface area contributed by atoms with Gasteiger partial charge in [0.1, 0.15) is 16.5 Å². The van der Waals surface area contributed by atoms with Crippen molar-refractivity contribution in [2.24, 2.45) is 0 Å². The van der Waals surface area contributed by atoms with Crippen LogP contribution in [0.15, 0.2) is 83.3 Å². The molecule has 0 spiro atoms. The molecule has 0 fully saturated rings. The van der Waals surface area contributed by atoms with Gasteiger partial charge in [-0.3, -0.25) is 4.79 Å². The minimum atomic E-state index is -0.283. The fraction of sp³-hybridized carbons (Fsp3) is 0.0370. The summed E-state index contributed by atoms with van der Waals surface area (Å²) in [6.07, 6.45) is 3.05. The summed E-state index contributed by atoms with van der Waals surface area (Å²) >= 11 is 14.2. The molecule has 0 radical (unpaired) electrons. The third-order valence-corrected chi connectivity index (χ3v) is 7.05. The lowest BCUT2D eigenvalue weighted by Gasteiger charge is -2.06. The smallest absolute Gasteiger partial charge is 0.248 e. The predicted octanol–water partition coefficient (Wildman–Crippen LogP) is 8.49. The number of anilines is 1. The Hall–Kier alpha value is -3.38. The number of carbonyl (C=O) groups is 1. The first-order chi connectivity index (χ1) is 16.5. The molecule has 5 aromatic rings. The normalized spacial score (nSPS) is 11.4. The van der Waals surface area contributed by atoms with Gasteiger partial charge in [-0.05, 0) is 67.1 Å². The fourth-order valence-electron chi connectivity index (χ4n) is 3.44. The van der Waals surface area contributed by atoms with E-state index in [4.69, 9.17) is 27.6 Å². The second-order valence-corrected chi connectivity index (χ2v) is 9.51. The lowest BCUT2D eigenvalue weighted by atomic mass is 10.1. The number of thiazole rings is 1. The summed E-state index contributed by atoms with van der Waals surface area (Å²) < 4.78 is 6.92. The maximum absolute atomic E-state index is 12.5. The van der Waals surface area contributed by atoms with Gasteiger partial charge >= 0.3 is 0 Å². The van der Waals surface area contributed by atoms with Crippen LogP contribution in [-0.4, -0.2) is 10.9 Å². The van der Waals surface area contributed by atoms with Gasteiger partial charge in [-0.15, -0.1) is 11.3 Å². The van der Waals surface area contributed by atoms with E-state index in [9.17, 15) is 4.79 Å². The van der Waals surface area contributed by atoms with Crippen molar-refractivity contribution < 1.29 is 9.21 Å². The molecule has 0 unspecified atom stereocenters. The molecular formula is C27H18Cl2N2O2S. The predicted molar refractivity (Wildman–Crippen MR) is 142 cm³/mol. The van der Waals surface area contributed by atoms with Crippen LogP contribution in [0, 0.1) is 6.92 Å². The summed E-state index contributed by atoms with van der Waals surface area (Å²) in [5, 5.41) is 4.93. The van der Waals surface area contributed by atoms with E-state index in [1.54, 1.807) is 35.6 Å². The molecule has 0 aliphatic carbocycles. The van der Waals surface area contributed by atoms with Crippen molar-refractivity contribution in [2.75, 3.05) is 5.32 Å². The van der Waals surface area contributed by atoms with E-state index in [2.05, 4.69) is 10.3 Å². The number of hydrogen-bond acceptors (Lipinski definition) is 4. The van der Waals surface area contributed by atoms with E-state index in [0.29, 0.717) is 27.3 Å². The Labute approximate surface area is 210 Å². The molecule has 5 rings (SSSR count). The number of nitrogens with one attached hydrogen (secondary N) is 1. The van der Waals surface area contributed by atoms with Gasteiger partial charge in [0.25, 0.3) is 0 Å². The zero-order valence-electron chi connectivity index (χ0n) is 18.0. The van der Waals surface area contributed by atoms with E-state index in [-0.39, 0.29) is 5.91 Å². The average Bonchev–Trinajstić information content (AvgIpc) is 3.48. The van der Waals surface area contributed by atoms with Crippen molar-refractivity contribution >= 4 is 62.4 Å². The van der Waals surface area contributed by atoms with E-state index >= 15 is 0 Å². The molecule has 2 heterocycles. The third-order valence-electron chi connectivity index (χ3n) is 5.24. The first-order valence-electron chi connectivity index (χ1n) is 10.5. The highest BCUT2D eigenvalue weighted by atomic mass is 35.5. The van der Waals surface area contributed by atoms with Gasteiger partial charge in [0.05, 0.1) is 15.2 Å². The Morgan fingerprint density at radius 3 is 2.68 bits per heavy atom. The second-order valence-electron chi connectivity index (χ2n) is 7.67. The molecule has 3 aromatic carbocycles. The quantitative estimate of drug-likeness (QED) is 0.244. The van der Waals surface area contributed by atoms with Crippen molar-refractivity contribution in [3.05, 3.63) is 100 Å². The van der Waals surface area contributed by atoms with E-state index < -0.39 is 0 Å². The Balaban J connectivity index is 1.31. The SMILES string of the molecule is Cc1ccc(-c2ccc(/C=C/C(=O)Nc3ccc(Cl)c(-c4nc5ccccc5s4)c3)o2)cc1Cl. The first kappa shape index (κ1) is 22.4. The number of aryl methyl sites for hydroxylation is 1. The van der Waals surface area contributed by atoms with Crippen LogP contribution in [0.4, 0.5) is 5.69 Å². The van der Waals surface area contributed by atoms with Gasteiger partial charge in [0.2, 0.25) is 5.91 Å². The summed E-state index contributed by atoms with van der Waals surface area (Å²) in [5.74, 6) is 0.960. The summed E-state index contributed by atoms with van der Waals surface area (Å²) in [6.45, 7) is 1.95. The van der Waals surface area contributed by atoms with Crippen LogP contribution >= 0.6 is 34.5 Å². The second kappa shape index (κ2) is 9.47. The molecule has 168 valence electrons. The van der Waals surface area contributed by atoms with Gasteiger partial charge < -0.3 is 9.73 Å². The topological polar surface area (TPSA) is 55.1 Å². The molecule has 0 atom stereocenters. The molecule has 0 aliphatic heterocycles. The number of halogens is 2. The largest absolute Gasteiger partial charge is 0.457 e. The zero-order valence-corrected chi connectivity index (χ0v) is 20.3. The van der Waals surface area contributed by atoms with Crippen LogP contribution in [0.2, 0.25) is 10.0 Å². The lowest BCUT2D eigenvalue weighted by molar-refractivity contribution is -0.111. The minimum Gasteiger partial charge on any atom is -0.457 e. The number of furan rings is 1. The van der Waals surface area contributed by atoms with Crippen molar-refractivity contribution in [3.63, 3.8) is 0 Å². The number of amides is 1. The van der Waals surface area contributed by atoms with Crippen molar-refractivity contribution in [2.45, 2.75) is 6.92 Å². The number of aromatic nitrogens is 1. The van der Waals surface area contributed by atoms with Gasteiger partial charge in [-0.1, -0.05) is 47.5 Å². The molecule has 1 N–H and O–H groups in total. The Morgan fingerprint density at radius 2 is 1.85 bits per heavy atom. The molecule has 0 aliphatic rings. The number of benzene rings is 3. The van der Waals surface area contributed by atoms with Crippen LogP contribution in [-0.2, 0) is 4.79 Å². The average molecular weight is 505 g/mol. The molecule has 34 heavy (non-hydrogen) atoms. The minimum absolute atomic E-state index is 0.283. The van der Waals surface area contributed by atoms with E-state index in [1.165, 1.54) is 6.08 Å². The van der Waals surface area contributed by atoms with Gasteiger partial charge in [0.15, 0.2) is 0 Å². The van der Waals surface area contributed by atoms with Crippen LogP contribution < -0.4 is 5.32 Å². The number of para-hydroxylation sites is 1. The molecule has 1 amide bonds. The Kier molecular flexibility index (Phi) is 6.24. The lowest BCUT2D eigenvalue weighted by Crippen LogP contribution is -2.07. The molecule has 0 saturated heterocycles. The van der Waals surface area contributed by atoms with E-state index in [0.717, 1.165) is 31.9 Å². The highest BCUT2D eigenvalue weighted by Gasteiger charge is 2.12. The van der Waals surface area contributed by atoms with Crippen molar-refractivity contribution in [1.29, 1.82) is 0 Å². The monoisotopic (exact) mass is 504 g/mol. The van der Waals surface area contributed by atoms with Gasteiger partial charge in [-0.2, -0.15) is 0 Å². The first-order valence-corrected chi connectivity index (χ1v) is 12.0. The molecule has 0 saturated carbocycles. The molecule has 0 bridgehead atoms. The summed E-state index contributed by atoms with van der Waals surface area (Å²) in [4.78, 5) is 17.2. The standard InChI is InChI=1S/C27H18Cl2N2O2S/c1-16-6-7-17(14-22(16)29)24-12-9-19(33-24)10-13-26(32)30-18-8-11-21(28)20(15-18)27-31-23-4-2-3-5-25(23)34-27/h2-15H,1H3,(H,30,32)/b13-10+. The van der Waals surface area contributed by atoms with Crippen LogP contribution in [0.25, 0.3) is 38.2 Å². The zero-order chi connectivity index (χ0) is 23.7. The summed E-state index contributed by atoms with van der Waals surface area (Å²) in [7, 11) is 0. The molecule has 2 aromatic heterocycles. The number of nitrogens with zero attached hydrogens (tertiary/aromatic N) is 1. The van der Waals surface area contributed by atoms with Crippen LogP contribution in [0.3, 0.4) is 0 Å². The maximum Gasteiger partial charge on any atom is 0.248 e. The Morgan fingerprint density at radius 1 is 1.00 bits per heavy atom. The number of fused-ring (bicyclic) bond motifs is 1. The van der Waals surface area contributed by atoms with Crippen LogP contribution in [0.1, 0.15) is 11.3 Å².